The van der Waals surface area contributed by atoms with Crippen molar-refractivity contribution in [3.8, 4) is 0 Å². The van der Waals surface area contributed by atoms with Gasteiger partial charge in [-0.1, -0.05) is 182 Å². The molecule has 116 heavy (non-hydrogen) atoms. The molecule has 0 fully saturated rings. The SMILES string of the molecule is CCCCCCC(CCC(CCCCCCCC(=O)OCC(COC(=O)CCCCCCCC(CCC(CCCCCC)OC(C)=O)OC(C)=O)(COC(=O)CCCCCCCC(CCC(CCCCCC)OC(C)=O)OC(C)=O)OC(=O)CCCCCCCC(CCC(CCCCCC)OC(C)=O)OC(C)=O)OC(C)=O)OC(C)=O. The van der Waals surface area contributed by atoms with Crippen molar-refractivity contribution in [1.29, 1.82) is 0 Å². The summed E-state index contributed by atoms with van der Waals surface area (Å²) < 4.78 is 69.3. The zero-order valence-electron chi connectivity index (χ0n) is 74.6. The second-order valence-corrected chi connectivity index (χ2v) is 32.4. The molecular formula is C92H162O24. The minimum atomic E-state index is -1.92. The summed E-state index contributed by atoms with van der Waals surface area (Å²) in [6.07, 6.45) is 38.5. The van der Waals surface area contributed by atoms with Gasteiger partial charge in [-0.2, -0.15) is 0 Å². The Morgan fingerprint density at radius 2 is 0.336 bits per heavy atom. The van der Waals surface area contributed by atoms with Crippen molar-refractivity contribution in [2.75, 3.05) is 19.8 Å². The van der Waals surface area contributed by atoms with E-state index in [9.17, 15) is 57.5 Å². The number of esters is 12. The molecule has 0 N–H and O–H groups in total. The molecule has 0 rings (SSSR count). The standard InChI is InChI=1S/C92H162O24/c1-13-17-21-37-49-80(108-72(5)93)61-65-84(112-76(9)97)53-41-29-25-33-45-57-88(101)105-69-92(116-91(104)60-48-36-28-32-44-56-87(115-79(12)100)68-64-83(111-75(8)96)52-40-24-20-16-4,70-106-89(102)58-46-34-26-30-42-54-85(113-77(10)98)66-62-81(109-73(6)94)50-38-22-18-14-2)71-107-90(103)59-47-35-27-31-43-55-86(114-78(11)99)67-63-82(110-74(7)95)51-39-23-19-15-3/h80-87H,13-71H2,1-12H3. The van der Waals surface area contributed by atoms with E-state index in [2.05, 4.69) is 27.7 Å². The molecule has 0 saturated heterocycles. The predicted molar refractivity (Wildman–Crippen MR) is 447 cm³/mol. The molecule has 674 valence electrons. The van der Waals surface area contributed by atoms with E-state index in [1.807, 2.05) is 0 Å². The highest BCUT2D eigenvalue weighted by Crippen LogP contribution is 2.27. The van der Waals surface area contributed by atoms with Gasteiger partial charge in [-0.3, -0.25) is 57.5 Å². The number of hydrogen-bond donors (Lipinski definition) is 0. The highest BCUT2D eigenvalue weighted by atomic mass is 16.6. The van der Waals surface area contributed by atoms with Gasteiger partial charge in [0.2, 0.25) is 5.60 Å². The fraction of sp³-hybridized carbons (Fsp3) is 0.870. The first-order valence-electron chi connectivity index (χ1n) is 45.7. The Morgan fingerprint density at radius 1 is 0.190 bits per heavy atom. The van der Waals surface area contributed by atoms with Crippen molar-refractivity contribution in [3.05, 3.63) is 0 Å². The minimum Gasteiger partial charge on any atom is -0.463 e. The van der Waals surface area contributed by atoms with Crippen molar-refractivity contribution in [2.24, 2.45) is 0 Å². The number of hydrogen-bond acceptors (Lipinski definition) is 24. The maximum atomic E-state index is 14.2. The normalized spacial score (nSPS) is 13.9. The molecule has 0 heterocycles. The van der Waals surface area contributed by atoms with Crippen molar-refractivity contribution in [3.63, 3.8) is 0 Å². The second-order valence-electron chi connectivity index (χ2n) is 32.4. The lowest BCUT2D eigenvalue weighted by Crippen LogP contribution is -2.50. The number of unbranched alkanes of at least 4 members (excludes halogenated alkanes) is 28. The van der Waals surface area contributed by atoms with E-state index in [0.29, 0.717) is 128 Å². The van der Waals surface area contributed by atoms with Gasteiger partial charge in [-0.05, 0) is 180 Å². The Balaban J connectivity index is 6.61. The van der Waals surface area contributed by atoms with Crippen molar-refractivity contribution in [2.45, 2.75) is 497 Å². The van der Waals surface area contributed by atoms with Crippen LogP contribution in [0.25, 0.3) is 0 Å². The van der Waals surface area contributed by atoms with Gasteiger partial charge < -0.3 is 56.8 Å². The molecule has 0 aliphatic heterocycles. The van der Waals surface area contributed by atoms with Crippen LogP contribution in [-0.4, -0.2) is 146 Å². The minimum absolute atomic E-state index is 0.0192. The van der Waals surface area contributed by atoms with Crippen LogP contribution in [0.2, 0.25) is 0 Å². The van der Waals surface area contributed by atoms with E-state index in [4.69, 9.17) is 56.8 Å². The van der Waals surface area contributed by atoms with Gasteiger partial charge in [-0.25, -0.2) is 0 Å². The first-order valence-corrected chi connectivity index (χ1v) is 45.7. The van der Waals surface area contributed by atoms with Crippen LogP contribution in [-0.2, 0) is 114 Å². The molecule has 24 nitrogen and oxygen atoms in total. The maximum absolute atomic E-state index is 14.2. The van der Waals surface area contributed by atoms with Crippen LogP contribution < -0.4 is 0 Å². The van der Waals surface area contributed by atoms with E-state index in [1.165, 1.54) is 55.4 Å². The monoisotopic (exact) mass is 1650 g/mol. The molecule has 0 aromatic rings. The molecule has 0 aliphatic rings. The lowest BCUT2D eigenvalue weighted by atomic mass is 10.00. The van der Waals surface area contributed by atoms with E-state index in [1.54, 1.807) is 0 Å². The van der Waals surface area contributed by atoms with E-state index in [-0.39, 0.29) is 122 Å². The van der Waals surface area contributed by atoms with E-state index in [0.717, 1.165) is 205 Å². The molecule has 0 bridgehead atoms. The maximum Gasteiger partial charge on any atom is 0.306 e. The van der Waals surface area contributed by atoms with Gasteiger partial charge in [0.15, 0.2) is 0 Å². The van der Waals surface area contributed by atoms with Crippen LogP contribution in [0.15, 0.2) is 0 Å². The quantitative estimate of drug-likeness (QED) is 0.0310. The molecule has 24 heteroatoms. The highest BCUT2D eigenvalue weighted by molar-refractivity contribution is 5.73. The topological polar surface area (TPSA) is 316 Å². The summed E-state index contributed by atoms with van der Waals surface area (Å²) in [6, 6.07) is 0. The zero-order valence-corrected chi connectivity index (χ0v) is 74.6. The Hall–Kier alpha value is -6.36. The van der Waals surface area contributed by atoms with Crippen LogP contribution in [0, 0.1) is 0 Å². The largest absolute Gasteiger partial charge is 0.463 e. The molecule has 0 spiro atoms. The van der Waals surface area contributed by atoms with Crippen LogP contribution >= 0.6 is 0 Å². The lowest BCUT2D eigenvalue weighted by molar-refractivity contribution is -0.196. The summed E-state index contributed by atoms with van der Waals surface area (Å²) in [6.45, 7) is 18.0. The van der Waals surface area contributed by atoms with Crippen molar-refractivity contribution in [1.82, 2.24) is 0 Å². The first-order chi connectivity index (χ1) is 55.6. The molecule has 0 radical (unpaired) electrons. The number of rotatable bonds is 79. The van der Waals surface area contributed by atoms with Gasteiger partial charge in [-0.15, -0.1) is 0 Å². The predicted octanol–water partition coefficient (Wildman–Crippen LogP) is 21.3. The van der Waals surface area contributed by atoms with Crippen LogP contribution in [0.3, 0.4) is 0 Å². The highest BCUT2D eigenvalue weighted by Gasteiger charge is 2.40. The van der Waals surface area contributed by atoms with Crippen molar-refractivity contribution < 1.29 is 114 Å². The number of carbonyl (C=O) groups is 12. The fourth-order valence-electron chi connectivity index (χ4n) is 14.7. The molecule has 0 amide bonds. The molecule has 0 aromatic heterocycles. The Labute approximate surface area is 699 Å². The lowest BCUT2D eigenvalue weighted by Gasteiger charge is -2.32. The van der Waals surface area contributed by atoms with E-state index < -0.39 is 49.3 Å². The van der Waals surface area contributed by atoms with Gasteiger partial charge in [0, 0.05) is 81.1 Å². The molecule has 8 unspecified atom stereocenters. The first kappa shape index (κ1) is 110. The number of carbonyl (C=O) groups excluding carboxylic acids is 12. The summed E-state index contributed by atoms with van der Waals surface area (Å²) in [5, 5.41) is 0. The van der Waals surface area contributed by atoms with Crippen molar-refractivity contribution >= 4 is 71.6 Å². The summed E-state index contributed by atoms with van der Waals surface area (Å²) in [7, 11) is 0. The van der Waals surface area contributed by atoms with Crippen LogP contribution in [0.5, 0.6) is 0 Å². The summed E-state index contributed by atoms with van der Waals surface area (Å²) in [5.74, 6) is -5.28. The fourth-order valence-corrected chi connectivity index (χ4v) is 14.7. The smallest absolute Gasteiger partial charge is 0.306 e. The average molecular weight is 1650 g/mol. The molecule has 0 saturated carbocycles. The second kappa shape index (κ2) is 73.8. The third-order valence-corrected chi connectivity index (χ3v) is 20.9. The van der Waals surface area contributed by atoms with E-state index >= 15 is 0 Å². The third kappa shape index (κ3) is 69.6. The zero-order chi connectivity index (χ0) is 86.3. The Kier molecular flexibility index (Phi) is 69.7. The van der Waals surface area contributed by atoms with Gasteiger partial charge in [0.25, 0.3) is 0 Å². The molecule has 8 atom stereocenters. The van der Waals surface area contributed by atoms with Crippen LogP contribution in [0.1, 0.15) is 443 Å². The molecule has 0 aliphatic carbocycles. The van der Waals surface area contributed by atoms with Crippen LogP contribution in [0.4, 0.5) is 0 Å². The third-order valence-electron chi connectivity index (χ3n) is 20.9. The molecular weight excluding hydrogens is 1490 g/mol. The summed E-state index contributed by atoms with van der Waals surface area (Å²) in [4.78, 5) is 152. The van der Waals surface area contributed by atoms with Gasteiger partial charge in [0.1, 0.15) is 68.7 Å². The van der Waals surface area contributed by atoms with Gasteiger partial charge in [0.05, 0.1) is 0 Å². The summed E-state index contributed by atoms with van der Waals surface area (Å²) >= 11 is 0. The number of ether oxygens (including phenoxy) is 12. The van der Waals surface area contributed by atoms with Gasteiger partial charge >= 0.3 is 71.6 Å². The Bertz CT molecular complexity index is 2400. The molecule has 0 aromatic carbocycles. The Morgan fingerprint density at radius 3 is 0.500 bits per heavy atom. The summed E-state index contributed by atoms with van der Waals surface area (Å²) in [5.41, 5.74) is -1.92. The average Bonchev–Trinajstić information content (AvgIpc) is 0.844.